The maximum Gasteiger partial charge on any atom is 0.121 e. The topological polar surface area (TPSA) is 12.5 Å². The second-order valence-corrected chi connectivity index (χ2v) is 2.92. The van der Waals surface area contributed by atoms with Crippen molar-refractivity contribution in [3.63, 3.8) is 0 Å². The molecule has 60 valence electrons. The van der Waals surface area contributed by atoms with Crippen LogP contribution in [0, 0.1) is 0 Å². The largest absolute Gasteiger partial charge is 0.359 e. The van der Waals surface area contributed by atoms with Gasteiger partial charge in [-0.15, -0.1) is 0 Å². The SMILES string of the molecule is CCC1(CC)OCCN1C. The fourth-order valence-corrected chi connectivity index (χ4v) is 1.68. The Labute approximate surface area is 63.2 Å². The quantitative estimate of drug-likeness (QED) is 0.580. The third kappa shape index (κ3) is 1.06. The summed E-state index contributed by atoms with van der Waals surface area (Å²) >= 11 is 0. The Morgan fingerprint density at radius 3 is 2.20 bits per heavy atom. The van der Waals surface area contributed by atoms with Gasteiger partial charge in [-0.05, 0) is 19.9 Å². The minimum absolute atomic E-state index is 0.0694. The van der Waals surface area contributed by atoms with Gasteiger partial charge >= 0.3 is 0 Å². The van der Waals surface area contributed by atoms with Gasteiger partial charge in [0.15, 0.2) is 0 Å². The molecule has 10 heavy (non-hydrogen) atoms. The zero-order valence-corrected chi connectivity index (χ0v) is 7.18. The Bertz CT molecular complexity index is 110. The monoisotopic (exact) mass is 143 g/mol. The Morgan fingerprint density at radius 2 is 2.00 bits per heavy atom. The van der Waals surface area contributed by atoms with Crippen LogP contribution < -0.4 is 0 Å². The molecular formula is C8H17NO. The van der Waals surface area contributed by atoms with Gasteiger partial charge in [0, 0.05) is 6.54 Å². The minimum atomic E-state index is 0.0694. The summed E-state index contributed by atoms with van der Waals surface area (Å²) in [4.78, 5) is 2.31. The van der Waals surface area contributed by atoms with E-state index < -0.39 is 0 Å². The molecule has 1 fully saturated rings. The smallest absolute Gasteiger partial charge is 0.121 e. The lowest BCUT2D eigenvalue weighted by Gasteiger charge is -2.32. The van der Waals surface area contributed by atoms with Gasteiger partial charge in [-0.1, -0.05) is 13.8 Å². The first kappa shape index (κ1) is 8.02. The van der Waals surface area contributed by atoms with Crippen LogP contribution in [0.4, 0.5) is 0 Å². The van der Waals surface area contributed by atoms with Gasteiger partial charge in [0.2, 0.25) is 0 Å². The highest BCUT2D eigenvalue weighted by Gasteiger charge is 2.36. The fourth-order valence-electron chi connectivity index (χ4n) is 1.68. The van der Waals surface area contributed by atoms with Crippen LogP contribution in [0.25, 0.3) is 0 Å². The summed E-state index contributed by atoms with van der Waals surface area (Å²) in [5.41, 5.74) is 0.0694. The van der Waals surface area contributed by atoms with Crippen molar-refractivity contribution in [3.8, 4) is 0 Å². The lowest BCUT2D eigenvalue weighted by atomic mass is 10.1. The van der Waals surface area contributed by atoms with Crippen molar-refractivity contribution in [2.45, 2.75) is 32.4 Å². The van der Waals surface area contributed by atoms with E-state index in [4.69, 9.17) is 4.74 Å². The second kappa shape index (κ2) is 2.89. The first-order valence-corrected chi connectivity index (χ1v) is 4.10. The molecule has 1 saturated heterocycles. The summed E-state index contributed by atoms with van der Waals surface area (Å²) in [6.45, 7) is 6.36. The van der Waals surface area contributed by atoms with Gasteiger partial charge in [0.05, 0.1) is 6.61 Å². The molecule has 1 aliphatic heterocycles. The lowest BCUT2D eigenvalue weighted by Crippen LogP contribution is -2.41. The van der Waals surface area contributed by atoms with Crippen LogP contribution in [0.3, 0.4) is 0 Å². The van der Waals surface area contributed by atoms with Crippen LogP contribution in [0.1, 0.15) is 26.7 Å². The molecule has 0 aromatic rings. The molecule has 0 atom stereocenters. The zero-order chi connectivity index (χ0) is 7.61. The van der Waals surface area contributed by atoms with Crippen LogP contribution in [0.5, 0.6) is 0 Å². The highest BCUT2D eigenvalue weighted by molar-refractivity contribution is 4.81. The normalized spacial score (nSPS) is 25.5. The highest BCUT2D eigenvalue weighted by Crippen LogP contribution is 2.27. The van der Waals surface area contributed by atoms with E-state index in [0.29, 0.717) is 0 Å². The van der Waals surface area contributed by atoms with Crippen molar-refractivity contribution >= 4 is 0 Å². The van der Waals surface area contributed by atoms with Crippen LogP contribution in [0.2, 0.25) is 0 Å². The van der Waals surface area contributed by atoms with Crippen LogP contribution in [-0.4, -0.2) is 30.8 Å². The van der Waals surface area contributed by atoms with Crippen molar-refractivity contribution < 1.29 is 4.74 Å². The molecule has 0 unspecified atom stereocenters. The van der Waals surface area contributed by atoms with Crippen LogP contribution >= 0.6 is 0 Å². The first-order valence-electron chi connectivity index (χ1n) is 4.10. The molecule has 0 saturated carbocycles. The van der Waals surface area contributed by atoms with Crippen molar-refractivity contribution in [1.82, 2.24) is 4.90 Å². The van der Waals surface area contributed by atoms with Gasteiger partial charge in [-0.3, -0.25) is 4.90 Å². The van der Waals surface area contributed by atoms with Gasteiger partial charge in [0.25, 0.3) is 0 Å². The molecule has 2 nitrogen and oxygen atoms in total. The predicted molar refractivity (Wildman–Crippen MR) is 41.9 cm³/mol. The summed E-state index contributed by atoms with van der Waals surface area (Å²) in [6.07, 6.45) is 2.19. The van der Waals surface area contributed by atoms with E-state index in [-0.39, 0.29) is 5.72 Å². The van der Waals surface area contributed by atoms with E-state index in [0.717, 1.165) is 26.0 Å². The molecule has 0 spiro atoms. The molecule has 2 heteroatoms. The maximum absolute atomic E-state index is 5.68. The van der Waals surface area contributed by atoms with E-state index in [1.807, 2.05) is 0 Å². The van der Waals surface area contributed by atoms with Gasteiger partial charge in [-0.2, -0.15) is 0 Å². The van der Waals surface area contributed by atoms with Gasteiger partial charge < -0.3 is 4.74 Å². The van der Waals surface area contributed by atoms with Gasteiger partial charge in [0.1, 0.15) is 5.72 Å². The van der Waals surface area contributed by atoms with E-state index in [2.05, 4.69) is 25.8 Å². The molecule has 0 amide bonds. The third-order valence-electron chi connectivity index (χ3n) is 2.60. The van der Waals surface area contributed by atoms with Crippen molar-refractivity contribution in [2.75, 3.05) is 20.2 Å². The zero-order valence-electron chi connectivity index (χ0n) is 7.18. The average molecular weight is 143 g/mol. The molecule has 0 bridgehead atoms. The number of hydrogen-bond donors (Lipinski definition) is 0. The maximum atomic E-state index is 5.68. The molecule has 0 aromatic heterocycles. The number of ether oxygens (including phenoxy) is 1. The van der Waals surface area contributed by atoms with Crippen molar-refractivity contribution in [1.29, 1.82) is 0 Å². The summed E-state index contributed by atoms with van der Waals surface area (Å²) < 4.78 is 5.68. The van der Waals surface area contributed by atoms with Gasteiger partial charge in [-0.25, -0.2) is 0 Å². The van der Waals surface area contributed by atoms with E-state index in [1.165, 1.54) is 0 Å². The number of nitrogens with zero attached hydrogens (tertiary/aromatic N) is 1. The molecule has 0 aliphatic carbocycles. The Morgan fingerprint density at radius 1 is 1.40 bits per heavy atom. The summed E-state index contributed by atoms with van der Waals surface area (Å²) in [7, 11) is 2.14. The van der Waals surface area contributed by atoms with E-state index in [9.17, 15) is 0 Å². The Kier molecular flexibility index (Phi) is 2.32. The lowest BCUT2D eigenvalue weighted by molar-refractivity contribution is -0.0773. The van der Waals surface area contributed by atoms with E-state index >= 15 is 0 Å². The molecule has 0 radical (unpaired) electrons. The molecular weight excluding hydrogens is 126 g/mol. The Balaban J connectivity index is 2.61. The predicted octanol–water partition coefficient (Wildman–Crippen LogP) is 1.46. The fraction of sp³-hybridized carbons (Fsp3) is 1.00. The van der Waals surface area contributed by atoms with Crippen molar-refractivity contribution in [2.24, 2.45) is 0 Å². The highest BCUT2D eigenvalue weighted by atomic mass is 16.5. The first-order chi connectivity index (χ1) is 4.75. The number of hydrogen-bond acceptors (Lipinski definition) is 2. The standard InChI is InChI=1S/C8H17NO/c1-4-8(5-2)9(3)6-7-10-8/h4-7H2,1-3H3. The minimum Gasteiger partial charge on any atom is -0.359 e. The molecule has 0 aromatic carbocycles. The number of rotatable bonds is 2. The molecule has 0 N–H and O–H groups in total. The summed E-state index contributed by atoms with van der Waals surface area (Å²) in [5.74, 6) is 0. The second-order valence-electron chi connectivity index (χ2n) is 2.92. The molecule has 1 heterocycles. The molecule has 1 aliphatic rings. The van der Waals surface area contributed by atoms with Crippen molar-refractivity contribution in [3.05, 3.63) is 0 Å². The third-order valence-corrected chi connectivity index (χ3v) is 2.60. The number of likely N-dealkylation sites (N-methyl/N-ethyl adjacent to an activating group) is 1. The summed E-state index contributed by atoms with van der Waals surface area (Å²) in [5, 5.41) is 0. The summed E-state index contributed by atoms with van der Waals surface area (Å²) in [6, 6.07) is 0. The molecule has 1 rings (SSSR count). The Hall–Kier alpha value is -0.0800. The van der Waals surface area contributed by atoms with Crippen LogP contribution in [0.15, 0.2) is 0 Å². The van der Waals surface area contributed by atoms with Crippen LogP contribution in [-0.2, 0) is 4.74 Å². The average Bonchev–Trinajstić information content (AvgIpc) is 2.32. The van der Waals surface area contributed by atoms with E-state index in [1.54, 1.807) is 0 Å².